The third-order valence-electron chi connectivity index (χ3n) is 4.54. The van der Waals surface area contributed by atoms with Crippen molar-refractivity contribution in [1.82, 2.24) is 14.9 Å². The van der Waals surface area contributed by atoms with E-state index in [1.165, 1.54) is 23.9 Å². The maximum Gasteiger partial charge on any atom is 0.256 e. The first-order chi connectivity index (χ1) is 13.7. The average Bonchev–Trinajstić information content (AvgIpc) is 3.22. The van der Waals surface area contributed by atoms with Gasteiger partial charge in [-0.2, -0.15) is 0 Å². The second kappa shape index (κ2) is 8.43. The number of carbonyl (C=O) groups excluding carboxylic acids is 1. The molecule has 0 spiro atoms. The molecule has 0 aliphatic carbocycles. The summed E-state index contributed by atoms with van der Waals surface area (Å²) in [7, 11) is 0. The van der Waals surface area contributed by atoms with Crippen molar-refractivity contribution in [1.29, 1.82) is 0 Å². The predicted molar refractivity (Wildman–Crippen MR) is 106 cm³/mol. The summed E-state index contributed by atoms with van der Waals surface area (Å²) in [6.07, 6.45) is 3.37. The highest BCUT2D eigenvalue weighted by Crippen LogP contribution is 2.26. The van der Waals surface area contributed by atoms with Gasteiger partial charge in [0.25, 0.3) is 5.22 Å². The third-order valence-corrected chi connectivity index (χ3v) is 5.36. The Morgan fingerprint density at radius 2 is 1.86 bits per heavy atom. The number of thioether (sulfide) groups is 1. The molecule has 1 fully saturated rings. The van der Waals surface area contributed by atoms with E-state index in [0.717, 1.165) is 24.5 Å². The fourth-order valence-corrected chi connectivity index (χ4v) is 3.72. The van der Waals surface area contributed by atoms with E-state index in [4.69, 9.17) is 4.42 Å². The molecule has 1 aliphatic heterocycles. The molecule has 0 atom stereocenters. The van der Waals surface area contributed by atoms with Crippen molar-refractivity contribution in [2.24, 2.45) is 0 Å². The van der Waals surface area contributed by atoms with Gasteiger partial charge in [0.05, 0.1) is 11.9 Å². The number of aromatic nitrogens is 2. The van der Waals surface area contributed by atoms with E-state index >= 15 is 0 Å². The zero-order chi connectivity index (χ0) is 19.3. The predicted octanol–water partition coefficient (Wildman–Crippen LogP) is 3.32. The molecule has 3 aromatic rings. The van der Waals surface area contributed by atoms with Crippen LogP contribution in [0.15, 0.2) is 64.5 Å². The number of oxazole rings is 1. The number of benzene rings is 1. The number of anilines is 1. The first-order valence-electron chi connectivity index (χ1n) is 8.97. The van der Waals surface area contributed by atoms with Gasteiger partial charge in [-0.15, -0.1) is 0 Å². The monoisotopic (exact) mass is 398 g/mol. The minimum absolute atomic E-state index is 0.0622. The summed E-state index contributed by atoms with van der Waals surface area (Å²) in [5.41, 5.74) is 0.748. The van der Waals surface area contributed by atoms with Crippen LogP contribution in [0.1, 0.15) is 0 Å². The van der Waals surface area contributed by atoms with E-state index in [-0.39, 0.29) is 17.5 Å². The summed E-state index contributed by atoms with van der Waals surface area (Å²) in [5.74, 6) is 1.53. The Balaban J connectivity index is 1.28. The van der Waals surface area contributed by atoms with Crippen LogP contribution in [-0.2, 0) is 4.79 Å². The molecular formula is C20H19FN4O2S. The van der Waals surface area contributed by atoms with Crippen molar-refractivity contribution in [2.45, 2.75) is 5.22 Å². The van der Waals surface area contributed by atoms with Gasteiger partial charge in [0.15, 0.2) is 5.76 Å². The lowest BCUT2D eigenvalue weighted by Gasteiger charge is -2.35. The van der Waals surface area contributed by atoms with Crippen LogP contribution in [0.2, 0.25) is 0 Å². The number of piperazine rings is 1. The zero-order valence-electron chi connectivity index (χ0n) is 15.1. The zero-order valence-corrected chi connectivity index (χ0v) is 15.9. The van der Waals surface area contributed by atoms with E-state index in [1.807, 2.05) is 23.1 Å². The molecule has 0 N–H and O–H groups in total. The first-order valence-corrected chi connectivity index (χ1v) is 9.96. The van der Waals surface area contributed by atoms with Crippen LogP contribution in [-0.4, -0.2) is 52.7 Å². The highest BCUT2D eigenvalue weighted by atomic mass is 32.2. The van der Waals surface area contributed by atoms with E-state index < -0.39 is 0 Å². The maximum atomic E-state index is 13.0. The highest BCUT2D eigenvalue weighted by Gasteiger charge is 2.22. The number of carbonyl (C=O) groups is 1. The molecule has 0 radical (unpaired) electrons. The van der Waals surface area contributed by atoms with Gasteiger partial charge in [-0.05, 0) is 36.4 Å². The van der Waals surface area contributed by atoms with Gasteiger partial charge in [-0.1, -0.05) is 17.8 Å². The Morgan fingerprint density at radius 1 is 1.07 bits per heavy atom. The molecule has 144 valence electrons. The second-order valence-corrected chi connectivity index (χ2v) is 7.27. The van der Waals surface area contributed by atoms with Gasteiger partial charge < -0.3 is 14.2 Å². The molecule has 3 heterocycles. The van der Waals surface area contributed by atoms with Gasteiger partial charge >= 0.3 is 0 Å². The van der Waals surface area contributed by atoms with Crippen LogP contribution < -0.4 is 4.90 Å². The topological polar surface area (TPSA) is 62.5 Å². The van der Waals surface area contributed by atoms with Crippen LogP contribution in [0, 0.1) is 5.82 Å². The van der Waals surface area contributed by atoms with Gasteiger partial charge in [-0.3, -0.25) is 4.79 Å². The number of amides is 1. The van der Waals surface area contributed by atoms with Crippen LogP contribution in [0.25, 0.3) is 11.3 Å². The summed E-state index contributed by atoms with van der Waals surface area (Å²) in [5, 5.41) is 0.430. The minimum Gasteiger partial charge on any atom is -0.431 e. The molecule has 28 heavy (non-hydrogen) atoms. The van der Waals surface area contributed by atoms with Gasteiger partial charge in [0, 0.05) is 37.9 Å². The van der Waals surface area contributed by atoms with Gasteiger partial charge in [-0.25, -0.2) is 14.4 Å². The van der Waals surface area contributed by atoms with Gasteiger partial charge in [0.2, 0.25) is 5.91 Å². The lowest BCUT2D eigenvalue weighted by molar-refractivity contribution is -0.128. The van der Waals surface area contributed by atoms with E-state index in [2.05, 4.69) is 14.9 Å². The van der Waals surface area contributed by atoms with Gasteiger partial charge in [0.1, 0.15) is 11.6 Å². The molecule has 1 aliphatic rings. The molecule has 1 amide bonds. The quantitative estimate of drug-likeness (QED) is 0.615. The Kier molecular flexibility index (Phi) is 5.57. The number of halogens is 1. The fourth-order valence-electron chi connectivity index (χ4n) is 3.01. The SMILES string of the molecule is O=C(CSc1ncc(-c2ccc(F)cc2)o1)N1CCN(c2ccccn2)CC1. The lowest BCUT2D eigenvalue weighted by atomic mass is 10.2. The smallest absolute Gasteiger partial charge is 0.256 e. The van der Waals surface area contributed by atoms with Crippen molar-refractivity contribution in [2.75, 3.05) is 36.8 Å². The minimum atomic E-state index is -0.299. The summed E-state index contributed by atoms with van der Waals surface area (Å²) in [4.78, 5) is 25.1. The number of rotatable bonds is 5. The highest BCUT2D eigenvalue weighted by molar-refractivity contribution is 7.99. The Labute approximate surface area is 166 Å². The Bertz CT molecular complexity index is 925. The molecule has 6 nitrogen and oxygen atoms in total. The Morgan fingerprint density at radius 3 is 2.57 bits per heavy atom. The first kappa shape index (κ1) is 18.5. The fraction of sp³-hybridized carbons (Fsp3) is 0.250. The van der Waals surface area contributed by atoms with Crippen molar-refractivity contribution in [3.63, 3.8) is 0 Å². The standard InChI is InChI=1S/C20H19FN4O2S/c21-16-6-4-15(5-7-16)17-13-23-20(27-17)28-14-19(26)25-11-9-24(10-12-25)18-3-1-2-8-22-18/h1-8,13H,9-12,14H2. The molecule has 0 saturated carbocycles. The van der Waals surface area contributed by atoms with Crippen molar-refractivity contribution in [3.8, 4) is 11.3 Å². The molecule has 0 bridgehead atoms. The number of nitrogens with zero attached hydrogens (tertiary/aromatic N) is 4. The summed E-state index contributed by atoms with van der Waals surface area (Å²) >= 11 is 1.27. The summed E-state index contributed by atoms with van der Waals surface area (Å²) in [6, 6.07) is 11.9. The normalized spacial score (nSPS) is 14.3. The molecule has 8 heteroatoms. The molecule has 4 rings (SSSR count). The molecular weight excluding hydrogens is 379 g/mol. The number of pyridine rings is 1. The summed E-state index contributed by atoms with van der Waals surface area (Å²) in [6.45, 7) is 2.87. The average molecular weight is 398 g/mol. The van der Waals surface area contributed by atoms with Crippen molar-refractivity contribution >= 4 is 23.5 Å². The van der Waals surface area contributed by atoms with E-state index in [9.17, 15) is 9.18 Å². The van der Waals surface area contributed by atoms with E-state index in [0.29, 0.717) is 24.1 Å². The van der Waals surface area contributed by atoms with Crippen LogP contribution >= 0.6 is 11.8 Å². The van der Waals surface area contributed by atoms with Crippen LogP contribution in [0.5, 0.6) is 0 Å². The van der Waals surface area contributed by atoms with Crippen molar-refractivity contribution < 1.29 is 13.6 Å². The molecule has 1 aromatic carbocycles. The molecule has 0 unspecified atom stereocenters. The maximum absolute atomic E-state index is 13.0. The molecule has 1 saturated heterocycles. The number of hydrogen-bond acceptors (Lipinski definition) is 6. The summed E-state index contributed by atoms with van der Waals surface area (Å²) < 4.78 is 18.7. The van der Waals surface area contributed by atoms with Crippen LogP contribution in [0.4, 0.5) is 10.2 Å². The van der Waals surface area contributed by atoms with Crippen molar-refractivity contribution in [3.05, 3.63) is 60.7 Å². The van der Waals surface area contributed by atoms with Crippen LogP contribution in [0.3, 0.4) is 0 Å². The number of hydrogen-bond donors (Lipinski definition) is 0. The Hall–Kier alpha value is -2.87. The largest absolute Gasteiger partial charge is 0.431 e. The second-order valence-electron chi connectivity index (χ2n) is 6.34. The molecule has 2 aromatic heterocycles. The lowest BCUT2D eigenvalue weighted by Crippen LogP contribution is -2.49. The third kappa shape index (κ3) is 4.33. The van der Waals surface area contributed by atoms with E-state index in [1.54, 1.807) is 24.5 Å².